The first kappa shape index (κ1) is 19.7. The van der Waals surface area contributed by atoms with Crippen molar-refractivity contribution in [2.45, 2.75) is 31.6 Å². The molecule has 0 amide bonds. The minimum Gasteiger partial charge on any atom is -0.311 e. The second-order valence-electron chi connectivity index (χ2n) is 7.26. The highest BCUT2D eigenvalue weighted by molar-refractivity contribution is 6.43. The summed E-state index contributed by atoms with van der Waals surface area (Å²) in [6.07, 6.45) is 4.95. The summed E-state index contributed by atoms with van der Waals surface area (Å²) in [6, 6.07) is 15.4. The summed E-state index contributed by atoms with van der Waals surface area (Å²) in [7, 11) is 0. The monoisotopic (exact) mass is 426 g/mol. The lowest BCUT2D eigenvalue weighted by Gasteiger charge is -2.24. The molecule has 0 aliphatic heterocycles. The number of hydrogen-bond acceptors (Lipinski definition) is 2. The van der Waals surface area contributed by atoms with Crippen molar-refractivity contribution in [3.63, 3.8) is 0 Å². The van der Waals surface area contributed by atoms with Gasteiger partial charge in [0, 0.05) is 23.6 Å². The minimum absolute atomic E-state index is 0.0745. The van der Waals surface area contributed by atoms with Crippen LogP contribution in [0.2, 0.25) is 10.0 Å². The smallest absolute Gasteiger partial charge is 0.311 e. The van der Waals surface area contributed by atoms with Gasteiger partial charge in [-0.2, -0.15) is 0 Å². The molecule has 1 unspecified atom stereocenters. The van der Waals surface area contributed by atoms with Crippen molar-refractivity contribution >= 4 is 28.8 Å². The number of H-pyrrole nitrogens is 2. The van der Waals surface area contributed by atoms with Gasteiger partial charge in [-0.1, -0.05) is 71.7 Å². The van der Waals surface area contributed by atoms with Crippen molar-refractivity contribution in [3.05, 3.63) is 108 Å². The van der Waals surface area contributed by atoms with Gasteiger partial charge in [-0.25, -0.2) is 4.79 Å². The molecule has 1 aliphatic carbocycles. The van der Waals surface area contributed by atoms with Gasteiger partial charge in [-0.3, -0.25) is 9.78 Å². The molecule has 148 valence electrons. The number of hydrogen-bond donors (Lipinski definition) is 2. The maximum absolute atomic E-state index is 12.6. The summed E-state index contributed by atoms with van der Waals surface area (Å²) >= 11 is 12.5. The molecule has 1 aromatic heterocycles. The van der Waals surface area contributed by atoms with Crippen molar-refractivity contribution in [2.24, 2.45) is 0 Å². The maximum Gasteiger partial charge on any atom is 0.325 e. The van der Waals surface area contributed by atoms with Gasteiger partial charge in [0.05, 0.1) is 10.0 Å². The van der Waals surface area contributed by atoms with Gasteiger partial charge in [0.2, 0.25) is 0 Å². The van der Waals surface area contributed by atoms with Crippen LogP contribution in [0.5, 0.6) is 0 Å². The molecule has 1 aliphatic rings. The summed E-state index contributed by atoms with van der Waals surface area (Å²) in [5.41, 5.74) is 3.69. The number of aromatic nitrogens is 2. The number of nitrogens with one attached hydrogen (secondary N) is 2. The molecule has 6 heteroatoms. The number of benzene rings is 2. The van der Waals surface area contributed by atoms with Crippen molar-refractivity contribution in [1.29, 1.82) is 0 Å². The molecule has 3 aromatic rings. The maximum atomic E-state index is 12.6. The van der Waals surface area contributed by atoms with Crippen LogP contribution in [0.3, 0.4) is 0 Å². The van der Waals surface area contributed by atoms with Crippen LogP contribution in [-0.2, 0) is 6.42 Å². The Morgan fingerprint density at radius 2 is 1.76 bits per heavy atom. The molecule has 4 rings (SSSR count). The zero-order valence-corrected chi connectivity index (χ0v) is 17.2. The normalized spacial score (nSPS) is 16.5. The topological polar surface area (TPSA) is 65.7 Å². The van der Waals surface area contributed by atoms with E-state index in [4.69, 9.17) is 23.2 Å². The first-order valence-corrected chi connectivity index (χ1v) is 10.3. The second kappa shape index (κ2) is 8.44. The van der Waals surface area contributed by atoms with E-state index in [-0.39, 0.29) is 11.5 Å². The number of halogens is 2. The summed E-state index contributed by atoms with van der Waals surface area (Å²) in [5, 5.41) is 1.10. The molecular formula is C23H20Cl2N2O2. The van der Waals surface area contributed by atoms with E-state index >= 15 is 0 Å². The van der Waals surface area contributed by atoms with Crippen molar-refractivity contribution in [2.75, 3.05) is 0 Å². The Bertz CT molecular complexity index is 1180. The van der Waals surface area contributed by atoms with E-state index in [2.05, 4.69) is 16.0 Å². The Labute approximate surface area is 178 Å². The highest BCUT2D eigenvalue weighted by atomic mass is 35.5. The van der Waals surface area contributed by atoms with Crippen LogP contribution in [0.25, 0.3) is 5.57 Å². The van der Waals surface area contributed by atoms with Crippen LogP contribution in [0.1, 0.15) is 47.6 Å². The Hall–Kier alpha value is -2.56. The molecule has 0 bridgehead atoms. The van der Waals surface area contributed by atoms with E-state index in [1.54, 1.807) is 6.07 Å². The van der Waals surface area contributed by atoms with Gasteiger partial charge >= 0.3 is 5.69 Å². The van der Waals surface area contributed by atoms with E-state index in [1.165, 1.54) is 0 Å². The van der Waals surface area contributed by atoms with Crippen LogP contribution in [0.15, 0.2) is 64.2 Å². The third kappa shape index (κ3) is 4.24. The molecule has 1 atom stereocenters. The summed E-state index contributed by atoms with van der Waals surface area (Å²) in [5.74, 6) is 0.0745. The average Bonchev–Trinajstić information content (AvgIpc) is 2.73. The molecule has 29 heavy (non-hydrogen) atoms. The fourth-order valence-corrected chi connectivity index (χ4v) is 4.37. The Morgan fingerprint density at radius 3 is 2.48 bits per heavy atom. The lowest BCUT2D eigenvalue weighted by molar-refractivity contribution is 0.596. The molecule has 4 nitrogen and oxygen atoms in total. The van der Waals surface area contributed by atoms with Crippen molar-refractivity contribution in [1.82, 2.24) is 9.97 Å². The van der Waals surface area contributed by atoms with Gasteiger partial charge in [0.1, 0.15) is 0 Å². The molecule has 0 saturated carbocycles. The first-order valence-electron chi connectivity index (χ1n) is 9.55. The molecule has 0 fully saturated rings. The number of allylic oxidation sites excluding steroid dienone is 2. The molecular weight excluding hydrogens is 407 g/mol. The van der Waals surface area contributed by atoms with E-state index in [0.717, 1.165) is 41.7 Å². The standard InChI is InChI=1S/C23H20Cl2N2O2/c24-19-8-4-7-17(20(19)25)15-9-11-16(12-10-15)21-18(22(28)27-23(29)26-21)13-14-5-2-1-3-6-14/h1-9,16H,10-13H2,(H2,26,27,28,29). The SMILES string of the molecule is O=c1[nH]c(C2CC=C(c3cccc(Cl)c3Cl)CC2)c(Cc2ccccc2)c(=O)[nH]1. The Balaban J connectivity index is 1.66. The third-order valence-electron chi connectivity index (χ3n) is 5.41. The van der Waals surface area contributed by atoms with Crippen LogP contribution in [0.4, 0.5) is 0 Å². The molecule has 2 N–H and O–H groups in total. The summed E-state index contributed by atoms with van der Waals surface area (Å²) < 4.78 is 0. The van der Waals surface area contributed by atoms with Gasteiger partial charge in [-0.15, -0.1) is 0 Å². The van der Waals surface area contributed by atoms with Crippen molar-refractivity contribution in [3.8, 4) is 0 Å². The van der Waals surface area contributed by atoms with Crippen LogP contribution < -0.4 is 11.2 Å². The highest BCUT2D eigenvalue weighted by Crippen LogP contribution is 2.39. The highest BCUT2D eigenvalue weighted by Gasteiger charge is 2.23. The fourth-order valence-electron chi connectivity index (χ4n) is 3.95. The minimum atomic E-state index is -0.463. The lowest BCUT2D eigenvalue weighted by Crippen LogP contribution is -2.30. The van der Waals surface area contributed by atoms with Gasteiger partial charge in [-0.05, 0) is 42.0 Å². The average molecular weight is 427 g/mol. The number of aromatic amines is 2. The van der Waals surface area contributed by atoms with Crippen molar-refractivity contribution < 1.29 is 0 Å². The van der Waals surface area contributed by atoms with E-state index in [9.17, 15) is 9.59 Å². The predicted molar refractivity (Wildman–Crippen MR) is 118 cm³/mol. The van der Waals surface area contributed by atoms with Crippen LogP contribution >= 0.6 is 23.2 Å². The quantitative estimate of drug-likeness (QED) is 0.593. The van der Waals surface area contributed by atoms with Gasteiger partial charge in [0.25, 0.3) is 5.56 Å². The Kier molecular flexibility index (Phi) is 5.74. The predicted octanol–water partition coefficient (Wildman–Crippen LogP) is 5.31. The third-order valence-corrected chi connectivity index (χ3v) is 6.23. The molecule has 2 aromatic carbocycles. The summed E-state index contributed by atoms with van der Waals surface area (Å²) in [6.45, 7) is 0. The van der Waals surface area contributed by atoms with Crippen LogP contribution in [0, 0.1) is 0 Å². The first-order chi connectivity index (χ1) is 14.0. The van der Waals surface area contributed by atoms with Gasteiger partial charge in [0.15, 0.2) is 0 Å². The molecule has 0 saturated heterocycles. The van der Waals surface area contributed by atoms with E-state index in [1.807, 2.05) is 42.5 Å². The summed E-state index contributed by atoms with van der Waals surface area (Å²) in [4.78, 5) is 29.8. The van der Waals surface area contributed by atoms with E-state index in [0.29, 0.717) is 22.0 Å². The van der Waals surface area contributed by atoms with E-state index < -0.39 is 5.69 Å². The zero-order valence-electron chi connectivity index (χ0n) is 15.7. The molecule has 0 spiro atoms. The second-order valence-corrected chi connectivity index (χ2v) is 8.05. The number of rotatable bonds is 4. The largest absolute Gasteiger partial charge is 0.325 e. The zero-order chi connectivity index (χ0) is 20.4. The molecule has 1 heterocycles. The lowest BCUT2D eigenvalue weighted by atomic mass is 9.83. The van der Waals surface area contributed by atoms with Crippen LogP contribution in [-0.4, -0.2) is 9.97 Å². The Morgan fingerprint density at radius 1 is 0.966 bits per heavy atom. The fraction of sp³-hybridized carbons (Fsp3) is 0.217. The van der Waals surface area contributed by atoms with Gasteiger partial charge < -0.3 is 4.98 Å². The molecule has 0 radical (unpaired) electrons.